The third-order valence-electron chi connectivity index (χ3n) is 7.33. The highest BCUT2D eigenvalue weighted by Gasteiger charge is 2.30. The number of hydrogen-bond donors (Lipinski definition) is 2. The number of carboxylic acids is 1. The highest BCUT2D eigenvalue weighted by atomic mass is 19.4. The Kier molecular flexibility index (Phi) is 8.52. The molecule has 0 fully saturated rings. The second-order valence-electron chi connectivity index (χ2n) is 10.3. The van der Waals surface area contributed by atoms with E-state index < -0.39 is 17.7 Å². The van der Waals surface area contributed by atoms with Gasteiger partial charge in [-0.25, -0.2) is 4.79 Å². The Bertz CT molecular complexity index is 1800. The van der Waals surface area contributed by atoms with Crippen molar-refractivity contribution in [2.24, 2.45) is 0 Å². The highest BCUT2D eigenvalue weighted by molar-refractivity contribution is 6.01. The lowest BCUT2D eigenvalue weighted by Gasteiger charge is -2.29. The van der Waals surface area contributed by atoms with E-state index in [1.54, 1.807) is 25.1 Å². The van der Waals surface area contributed by atoms with Crippen LogP contribution in [-0.4, -0.2) is 33.6 Å². The molecule has 5 aromatic rings. The Balaban J connectivity index is 0.000000182. The minimum Gasteiger partial charge on any atom is -0.478 e. The van der Waals surface area contributed by atoms with Crippen molar-refractivity contribution in [2.45, 2.75) is 26.1 Å². The van der Waals surface area contributed by atoms with Gasteiger partial charge in [-0.3, -0.25) is 4.79 Å². The average molecular weight is 600 g/mol. The molecule has 0 atom stereocenters. The second-order valence-corrected chi connectivity index (χ2v) is 10.3. The van der Waals surface area contributed by atoms with E-state index >= 15 is 0 Å². The Morgan fingerprint density at radius 3 is 2.25 bits per heavy atom. The van der Waals surface area contributed by atoms with Crippen LogP contribution in [0.15, 0.2) is 102 Å². The largest absolute Gasteiger partial charge is 0.478 e. The van der Waals surface area contributed by atoms with Gasteiger partial charge in [-0.05, 0) is 65.9 Å². The van der Waals surface area contributed by atoms with E-state index in [9.17, 15) is 22.8 Å². The van der Waals surface area contributed by atoms with Crippen LogP contribution < -0.4 is 5.73 Å². The normalized spacial score (nSPS) is 12.6. The Hall–Kier alpha value is -5.38. The number of hydrogen-bond acceptors (Lipinski definition) is 5. The summed E-state index contributed by atoms with van der Waals surface area (Å²) >= 11 is 0. The lowest BCUT2D eigenvalue weighted by Crippen LogP contribution is -2.36. The van der Waals surface area contributed by atoms with Crippen molar-refractivity contribution in [1.82, 2.24) is 10.1 Å². The Labute approximate surface area is 251 Å². The molecule has 10 heteroatoms. The molecule has 0 saturated carbocycles. The van der Waals surface area contributed by atoms with Crippen molar-refractivity contribution in [1.29, 1.82) is 0 Å². The number of rotatable bonds is 4. The lowest BCUT2D eigenvalue weighted by atomic mass is 9.97. The van der Waals surface area contributed by atoms with Gasteiger partial charge in [0.05, 0.1) is 11.1 Å². The SMILES string of the molecule is Cc1onc(-c2ccccc2)c1C(=O)N1CCc2cc(N)ccc2C1.O=C(O)c1ccccc1-c1ccc(C(F)(F)F)cc1. The molecule has 4 aromatic carbocycles. The average Bonchev–Trinajstić information content (AvgIpc) is 3.42. The van der Waals surface area contributed by atoms with Gasteiger partial charge >= 0.3 is 12.1 Å². The smallest absolute Gasteiger partial charge is 0.416 e. The topological polar surface area (TPSA) is 110 Å². The van der Waals surface area contributed by atoms with Crippen LogP contribution in [0.3, 0.4) is 0 Å². The standard InChI is InChI=1S/C20H19N3O2.C14H9F3O2/c1-13-18(19(22-25-13)14-5-3-2-4-6-14)20(24)23-10-9-15-11-17(21)8-7-16(15)12-23;15-14(16,17)10-7-5-9(6-8-10)11-3-1-2-4-12(11)13(18)19/h2-8,11H,9-10,12,21H2,1H3;1-8H,(H,18,19). The molecule has 1 aromatic heterocycles. The number of benzene rings is 4. The molecule has 1 aliphatic heterocycles. The molecule has 0 bridgehead atoms. The molecule has 1 aliphatic rings. The van der Waals surface area contributed by atoms with E-state index in [0.29, 0.717) is 41.2 Å². The number of nitrogens with zero attached hydrogens (tertiary/aromatic N) is 2. The van der Waals surface area contributed by atoms with Crippen molar-refractivity contribution in [3.8, 4) is 22.4 Å². The first-order chi connectivity index (χ1) is 21.0. The summed E-state index contributed by atoms with van der Waals surface area (Å²) in [6, 6.07) is 26.1. The number of nitrogen functional groups attached to an aromatic ring is 1. The van der Waals surface area contributed by atoms with E-state index in [1.807, 2.05) is 53.4 Å². The van der Waals surface area contributed by atoms with E-state index in [0.717, 1.165) is 35.4 Å². The van der Waals surface area contributed by atoms with Gasteiger partial charge in [0.1, 0.15) is 17.0 Å². The maximum atomic E-state index is 13.2. The number of aryl methyl sites for hydroxylation is 1. The number of carbonyl (C=O) groups excluding carboxylic acids is 1. The van der Waals surface area contributed by atoms with Crippen molar-refractivity contribution in [3.63, 3.8) is 0 Å². The molecule has 1 amide bonds. The first-order valence-electron chi connectivity index (χ1n) is 13.7. The highest BCUT2D eigenvalue weighted by Crippen LogP contribution is 2.32. The molecule has 0 saturated heterocycles. The predicted octanol–water partition coefficient (Wildman–Crippen LogP) is 7.50. The number of amides is 1. The number of nitrogens with two attached hydrogens (primary N) is 1. The summed E-state index contributed by atoms with van der Waals surface area (Å²) in [6.45, 7) is 3.02. The molecule has 0 radical (unpaired) electrons. The van der Waals surface area contributed by atoms with Crippen LogP contribution >= 0.6 is 0 Å². The third-order valence-corrected chi connectivity index (χ3v) is 7.33. The van der Waals surface area contributed by atoms with Gasteiger partial charge in [0.2, 0.25) is 0 Å². The number of carboxylic acid groups (broad SMARTS) is 1. The first-order valence-corrected chi connectivity index (χ1v) is 13.7. The Morgan fingerprint density at radius 1 is 0.886 bits per heavy atom. The van der Waals surface area contributed by atoms with Gasteiger partial charge in [0.15, 0.2) is 0 Å². The summed E-state index contributed by atoms with van der Waals surface area (Å²) in [5.74, 6) is -0.609. The van der Waals surface area contributed by atoms with Gasteiger partial charge in [0, 0.05) is 24.3 Å². The summed E-state index contributed by atoms with van der Waals surface area (Å²) in [7, 11) is 0. The Morgan fingerprint density at radius 2 is 1.57 bits per heavy atom. The zero-order valence-corrected chi connectivity index (χ0v) is 23.6. The molecular formula is C34H28F3N3O4. The maximum absolute atomic E-state index is 13.2. The molecular weight excluding hydrogens is 571 g/mol. The minimum absolute atomic E-state index is 0.0416. The molecule has 2 heterocycles. The number of aromatic carboxylic acids is 1. The van der Waals surface area contributed by atoms with Gasteiger partial charge < -0.3 is 20.3 Å². The summed E-state index contributed by atoms with van der Waals surface area (Å²) in [4.78, 5) is 26.0. The number of alkyl halides is 3. The zero-order chi connectivity index (χ0) is 31.4. The van der Waals surface area contributed by atoms with Crippen LogP contribution in [0.1, 0.15) is 43.2 Å². The van der Waals surface area contributed by atoms with Crippen LogP contribution in [0.2, 0.25) is 0 Å². The van der Waals surface area contributed by atoms with Crippen LogP contribution in [0, 0.1) is 6.92 Å². The van der Waals surface area contributed by atoms with E-state index in [4.69, 9.17) is 15.4 Å². The van der Waals surface area contributed by atoms with Crippen LogP contribution in [0.25, 0.3) is 22.4 Å². The van der Waals surface area contributed by atoms with E-state index in [-0.39, 0.29) is 11.5 Å². The van der Waals surface area contributed by atoms with Gasteiger partial charge in [0.25, 0.3) is 5.91 Å². The fraction of sp³-hybridized carbons (Fsp3) is 0.147. The summed E-state index contributed by atoms with van der Waals surface area (Å²) in [5.41, 5.74) is 11.1. The number of anilines is 1. The van der Waals surface area contributed by atoms with Crippen molar-refractivity contribution >= 4 is 17.6 Å². The van der Waals surface area contributed by atoms with Crippen LogP contribution in [-0.2, 0) is 19.1 Å². The summed E-state index contributed by atoms with van der Waals surface area (Å²) in [6.07, 6.45) is -3.60. The second kappa shape index (κ2) is 12.5. The summed E-state index contributed by atoms with van der Waals surface area (Å²) < 4.78 is 42.6. The quantitative estimate of drug-likeness (QED) is 0.207. The van der Waals surface area contributed by atoms with E-state index in [2.05, 4.69) is 5.16 Å². The third kappa shape index (κ3) is 6.49. The number of fused-ring (bicyclic) bond motifs is 1. The summed E-state index contributed by atoms with van der Waals surface area (Å²) in [5, 5.41) is 13.1. The molecule has 0 aliphatic carbocycles. The van der Waals surface area contributed by atoms with Crippen LogP contribution in [0.5, 0.6) is 0 Å². The zero-order valence-electron chi connectivity index (χ0n) is 23.6. The molecule has 224 valence electrons. The molecule has 7 nitrogen and oxygen atoms in total. The van der Waals surface area contributed by atoms with Gasteiger partial charge in [-0.1, -0.05) is 71.9 Å². The lowest BCUT2D eigenvalue weighted by molar-refractivity contribution is -0.137. The molecule has 44 heavy (non-hydrogen) atoms. The molecule has 6 rings (SSSR count). The van der Waals surface area contributed by atoms with Gasteiger partial charge in [-0.2, -0.15) is 13.2 Å². The maximum Gasteiger partial charge on any atom is 0.416 e. The molecule has 0 unspecified atom stereocenters. The minimum atomic E-state index is -4.40. The van der Waals surface area contributed by atoms with Crippen molar-refractivity contribution in [2.75, 3.05) is 12.3 Å². The number of halogens is 3. The molecule has 3 N–H and O–H groups in total. The number of aromatic nitrogens is 1. The van der Waals surface area contributed by atoms with Crippen molar-refractivity contribution < 1.29 is 32.4 Å². The van der Waals surface area contributed by atoms with Gasteiger partial charge in [-0.15, -0.1) is 0 Å². The monoisotopic (exact) mass is 599 g/mol. The first kappa shape index (κ1) is 30.1. The number of carbonyl (C=O) groups is 2. The molecule has 0 spiro atoms. The van der Waals surface area contributed by atoms with Crippen LogP contribution in [0.4, 0.5) is 18.9 Å². The van der Waals surface area contributed by atoms with Crippen molar-refractivity contribution in [3.05, 3.63) is 131 Å². The predicted molar refractivity (Wildman–Crippen MR) is 160 cm³/mol. The van der Waals surface area contributed by atoms with E-state index in [1.165, 1.54) is 23.8 Å². The fourth-order valence-corrected chi connectivity index (χ4v) is 5.08. The fourth-order valence-electron chi connectivity index (χ4n) is 5.08.